The number of benzene rings is 1. The highest BCUT2D eigenvalue weighted by atomic mass is 35.5. The van der Waals surface area contributed by atoms with E-state index in [-0.39, 0.29) is 24.1 Å². The van der Waals surface area contributed by atoms with E-state index in [1.54, 1.807) is 12.3 Å². The summed E-state index contributed by atoms with van der Waals surface area (Å²) in [4.78, 5) is 17.1. The molecule has 9 heteroatoms. The molecule has 1 saturated heterocycles. The Hall–Kier alpha value is -1.67. The quantitative estimate of drug-likeness (QED) is 0.660. The number of nitrogens with one attached hydrogen (secondary N) is 1. The van der Waals surface area contributed by atoms with Gasteiger partial charge in [0.2, 0.25) is 0 Å². The molecule has 1 aliphatic heterocycles. The molecule has 2 heterocycles. The van der Waals surface area contributed by atoms with Gasteiger partial charge >= 0.3 is 0 Å². The van der Waals surface area contributed by atoms with E-state index in [9.17, 15) is 10.1 Å². The van der Waals surface area contributed by atoms with Crippen molar-refractivity contribution in [2.45, 2.75) is 12.6 Å². The fraction of sp³-hybridized carbons (Fsp3) is 0.400. The monoisotopic (exact) mass is 371 g/mol. The molecule has 130 valence electrons. The summed E-state index contributed by atoms with van der Waals surface area (Å²) in [6.45, 7) is 3.21. The smallest absolute Gasteiger partial charge is 0.270 e. The lowest BCUT2D eigenvalue weighted by Crippen LogP contribution is -2.46. The van der Waals surface area contributed by atoms with Crippen molar-refractivity contribution in [2.24, 2.45) is 7.05 Å². The van der Waals surface area contributed by atoms with Gasteiger partial charge in [-0.15, -0.1) is 12.4 Å². The van der Waals surface area contributed by atoms with Gasteiger partial charge in [0.15, 0.2) is 0 Å². The first kappa shape index (κ1) is 18.7. The normalized spacial score (nSPS) is 18.2. The van der Waals surface area contributed by atoms with Crippen LogP contribution in [0.2, 0.25) is 5.02 Å². The second-order valence-electron chi connectivity index (χ2n) is 5.62. The van der Waals surface area contributed by atoms with Gasteiger partial charge in [0, 0.05) is 57.8 Å². The van der Waals surface area contributed by atoms with Gasteiger partial charge in [-0.05, 0) is 11.6 Å². The number of non-ortho nitro benzene ring substituents is 1. The standard InChI is InChI=1S/C15H18ClN5O2.ClH/c1-19-6-5-18-15(19)14-9-17-4-7-20(14)10-11-2-3-12(21(22)23)8-13(11)16;/h2-3,5-6,8,14,17H,4,7,9-10H2,1H3;1H. The van der Waals surface area contributed by atoms with E-state index in [0.717, 1.165) is 31.0 Å². The highest BCUT2D eigenvalue weighted by molar-refractivity contribution is 6.31. The molecular formula is C15H19Cl2N5O2. The van der Waals surface area contributed by atoms with Gasteiger partial charge in [0.05, 0.1) is 16.0 Å². The van der Waals surface area contributed by atoms with Crippen LogP contribution in [-0.4, -0.2) is 39.0 Å². The zero-order valence-electron chi connectivity index (χ0n) is 13.2. The summed E-state index contributed by atoms with van der Waals surface area (Å²) in [6.07, 6.45) is 3.72. The van der Waals surface area contributed by atoms with Gasteiger partial charge in [-0.3, -0.25) is 15.0 Å². The number of hydrogen-bond donors (Lipinski definition) is 1. The Balaban J connectivity index is 0.00000208. The SMILES string of the molecule is Cl.Cn1ccnc1C1CNCCN1Cc1ccc([N+](=O)[O-])cc1Cl. The van der Waals surface area contributed by atoms with Crippen LogP contribution in [0, 0.1) is 10.1 Å². The lowest BCUT2D eigenvalue weighted by molar-refractivity contribution is -0.384. The lowest BCUT2D eigenvalue weighted by Gasteiger charge is -2.35. The molecule has 0 bridgehead atoms. The van der Waals surface area contributed by atoms with Crippen molar-refractivity contribution < 1.29 is 4.92 Å². The van der Waals surface area contributed by atoms with E-state index in [1.165, 1.54) is 12.1 Å². The average molecular weight is 372 g/mol. The number of aromatic nitrogens is 2. The van der Waals surface area contributed by atoms with Crippen LogP contribution in [0.15, 0.2) is 30.6 Å². The van der Waals surface area contributed by atoms with E-state index < -0.39 is 4.92 Å². The van der Waals surface area contributed by atoms with Crippen molar-refractivity contribution >= 4 is 29.7 Å². The van der Waals surface area contributed by atoms with Gasteiger partial charge in [0.1, 0.15) is 5.82 Å². The lowest BCUT2D eigenvalue weighted by atomic mass is 10.1. The average Bonchev–Trinajstić information content (AvgIpc) is 2.95. The molecule has 0 spiro atoms. The van der Waals surface area contributed by atoms with E-state index in [1.807, 2.05) is 17.8 Å². The maximum atomic E-state index is 10.8. The third kappa shape index (κ3) is 3.87. The number of imidazole rings is 1. The van der Waals surface area contributed by atoms with E-state index in [4.69, 9.17) is 11.6 Å². The van der Waals surface area contributed by atoms with Crippen molar-refractivity contribution in [1.82, 2.24) is 19.8 Å². The predicted molar refractivity (Wildman–Crippen MR) is 94.6 cm³/mol. The van der Waals surface area contributed by atoms with Crippen LogP contribution in [0.4, 0.5) is 5.69 Å². The molecule has 0 saturated carbocycles. The second kappa shape index (κ2) is 7.94. The number of hydrogen-bond acceptors (Lipinski definition) is 5. The molecular weight excluding hydrogens is 353 g/mol. The molecule has 0 amide bonds. The van der Waals surface area contributed by atoms with Crippen LogP contribution in [0.5, 0.6) is 0 Å². The van der Waals surface area contributed by atoms with Gasteiger partial charge in [-0.25, -0.2) is 4.98 Å². The topological polar surface area (TPSA) is 76.2 Å². The maximum absolute atomic E-state index is 10.8. The maximum Gasteiger partial charge on any atom is 0.270 e. The Kier molecular flexibility index (Phi) is 6.17. The van der Waals surface area contributed by atoms with Crippen molar-refractivity contribution in [2.75, 3.05) is 19.6 Å². The molecule has 1 unspecified atom stereocenters. The first-order chi connectivity index (χ1) is 11.1. The second-order valence-corrected chi connectivity index (χ2v) is 6.03. The first-order valence-corrected chi connectivity index (χ1v) is 7.79. The summed E-state index contributed by atoms with van der Waals surface area (Å²) in [7, 11) is 1.98. The zero-order valence-corrected chi connectivity index (χ0v) is 14.8. The summed E-state index contributed by atoms with van der Waals surface area (Å²) in [6, 6.07) is 4.79. The number of aryl methyl sites for hydroxylation is 1. The number of halogens is 2. The Morgan fingerprint density at radius 3 is 2.92 bits per heavy atom. The Bertz CT molecular complexity index is 722. The summed E-state index contributed by atoms with van der Waals surface area (Å²) >= 11 is 6.23. The highest BCUT2D eigenvalue weighted by Gasteiger charge is 2.27. The fourth-order valence-electron chi connectivity index (χ4n) is 2.89. The first-order valence-electron chi connectivity index (χ1n) is 7.41. The van der Waals surface area contributed by atoms with Crippen LogP contribution in [-0.2, 0) is 13.6 Å². The third-order valence-electron chi connectivity index (χ3n) is 4.13. The minimum absolute atomic E-state index is 0. The minimum Gasteiger partial charge on any atom is -0.337 e. The van der Waals surface area contributed by atoms with Crippen LogP contribution in [0.3, 0.4) is 0 Å². The number of nitro groups is 1. The summed E-state index contributed by atoms with van der Waals surface area (Å²) in [5, 5.41) is 14.6. The van der Waals surface area contributed by atoms with E-state index in [0.29, 0.717) is 11.6 Å². The molecule has 1 aliphatic rings. The summed E-state index contributed by atoms with van der Waals surface area (Å²) in [5.41, 5.74) is 0.901. The summed E-state index contributed by atoms with van der Waals surface area (Å²) in [5.74, 6) is 0.996. The van der Waals surface area contributed by atoms with Gasteiger partial charge in [0.25, 0.3) is 5.69 Å². The molecule has 0 radical (unpaired) electrons. The molecule has 2 aromatic rings. The van der Waals surface area contributed by atoms with Crippen molar-refractivity contribution in [1.29, 1.82) is 0 Å². The van der Waals surface area contributed by atoms with Gasteiger partial charge in [-0.1, -0.05) is 11.6 Å². The van der Waals surface area contributed by atoms with E-state index >= 15 is 0 Å². The molecule has 0 aliphatic carbocycles. The molecule has 24 heavy (non-hydrogen) atoms. The van der Waals surface area contributed by atoms with Crippen LogP contribution >= 0.6 is 24.0 Å². The number of piperazine rings is 1. The Morgan fingerprint density at radius 2 is 2.29 bits per heavy atom. The van der Waals surface area contributed by atoms with Crippen molar-refractivity contribution in [3.8, 4) is 0 Å². The fourth-order valence-corrected chi connectivity index (χ4v) is 3.12. The van der Waals surface area contributed by atoms with Crippen molar-refractivity contribution in [3.05, 3.63) is 57.1 Å². The molecule has 7 nitrogen and oxygen atoms in total. The molecule has 1 N–H and O–H groups in total. The number of rotatable bonds is 4. The van der Waals surface area contributed by atoms with E-state index in [2.05, 4.69) is 15.2 Å². The van der Waals surface area contributed by atoms with Gasteiger partial charge in [-0.2, -0.15) is 0 Å². The van der Waals surface area contributed by atoms with Crippen LogP contribution in [0.1, 0.15) is 17.4 Å². The largest absolute Gasteiger partial charge is 0.337 e. The minimum atomic E-state index is -0.433. The predicted octanol–water partition coefficient (Wildman–Crippen LogP) is 2.55. The molecule has 1 atom stereocenters. The van der Waals surface area contributed by atoms with Crippen LogP contribution in [0.25, 0.3) is 0 Å². The molecule has 1 fully saturated rings. The van der Waals surface area contributed by atoms with Crippen LogP contribution < -0.4 is 5.32 Å². The molecule has 3 rings (SSSR count). The van der Waals surface area contributed by atoms with Gasteiger partial charge < -0.3 is 9.88 Å². The Labute approximate surface area is 151 Å². The van der Waals surface area contributed by atoms with Crippen molar-refractivity contribution in [3.63, 3.8) is 0 Å². The molecule has 1 aromatic carbocycles. The Morgan fingerprint density at radius 1 is 1.50 bits per heavy atom. The number of nitrogens with zero attached hydrogens (tertiary/aromatic N) is 4. The number of nitro benzene ring substituents is 1. The summed E-state index contributed by atoms with van der Waals surface area (Å²) < 4.78 is 2.02. The molecule has 1 aromatic heterocycles. The zero-order chi connectivity index (χ0) is 16.4. The highest BCUT2D eigenvalue weighted by Crippen LogP contribution is 2.27. The third-order valence-corrected chi connectivity index (χ3v) is 4.48.